The molecule has 0 aromatic rings. The molecule has 5 atom stereocenters. The van der Waals surface area contributed by atoms with Crippen LogP contribution in [0.15, 0.2) is 12.2 Å². The van der Waals surface area contributed by atoms with Crippen molar-refractivity contribution in [3.63, 3.8) is 0 Å². The van der Waals surface area contributed by atoms with E-state index >= 15 is 0 Å². The standard InChI is InChI=1S/C15H24/c1-10-6-5-7-11-8-9-12-13(14(12,2)3)15(10,11)4/h8-13H,5-7H2,1-4H3/t10-,11?,12-,13+,15+/m1/s1. The fourth-order valence-electron chi connectivity index (χ4n) is 4.95. The van der Waals surface area contributed by atoms with Gasteiger partial charge < -0.3 is 0 Å². The maximum atomic E-state index is 2.58. The second-order valence-electron chi connectivity index (χ2n) is 7.01. The smallest absolute Gasteiger partial charge is 0.0140 e. The van der Waals surface area contributed by atoms with Crippen molar-refractivity contribution in [2.45, 2.75) is 47.0 Å². The monoisotopic (exact) mass is 204 g/mol. The van der Waals surface area contributed by atoms with Gasteiger partial charge in [0.2, 0.25) is 0 Å². The molecule has 0 amide bonds. The van der Waals surface area contributed by atoms with Gasteiger partial charge in [0, 0.05) is 0 Å². The quantitative estimate of drug-likeness (QED) is 0.517. The third-order valence-corrected chi connectivity index (χ3v) is 6.14. The van der Waals surface area contributed by atoms with Crippen molar-refractivity contribution >= 4 is 0 Å². The molecule has 0 spiro atoms. The summed E-state index contributed by atoms with van der Waals surface area (Å²) in [7, 11) is 0. The van der Waals surface area contributed by atoms with E-state index in [1.165, 1.54) is 19.3 Å². The van der Waals surface area contributed by atoms with Crippen LogP contribution in [-0.2, 0) is 0 Å². The van der Waals surface area contributed by atoms with Crippen molar-refractivity contribution in [3.05, 3.63) is 12.2 Å². The second-order valence-corrected chi connectivity index (χ2v) is 7.01. The molecule has 0 radical (unpaired) electrons. The topological polar surface area (TPSA) is 0 Å². The first-order valence-electron chi connectivity index (χ1n) is 6.67. The van der Waals surface area contributed by atoms with Gasteiger partial charge in [0.15, 0.2) is 0 Å². The van der Waals surface area contributed by atoms with E-state index in [2.05, 4.69) is 39.8 Å². The lowest BCUT2D eigenvalue weighted by Crippen LogP contribution is -2.41. The van der Waals surface area contributed by atoms with Crippen molar-refractivity contribution in [2.24, 2.45) is 34.5 Å². The normalized spacial score (nSPS) is 55.7. The lowest BCUT2D eigenvalue weighted by molar-refractivity contribution is 0.0345. The zero-order chi connectivity index (χ0) is 10.8. The van der Waals surface area contributed by atoms with Crippen molar-refractivity contribution in [1.29, 1.82) is 0 Å². The van der Waals surface area contributed by atoms with E-state index in [1.54, 1.807) is 0 Å². The van der Waals surface area contributed by atoms with Gasteiger partial charge in [-0.25, -0.2) is 0 Å². The number of hydrogen-bond donors (Lipinski definition) is 0. The van der Waals surface area contributed by atoms with E-state index < -0.39 is 0 Å². The number of allylic oxidation sites excluding steroid dienone is 2. The highest BCUT2D eigenvalue weighted by atomic mass is 14.7. The Morgan fingerprint density at radius 2 is 1.80 bits per heavy atom. The summed E-state index contributed by atoms with van der Waals surface area (Å²) < 4.78 is 0. The Balaban J connectivity index is 2.01. The molecule has 3 aliphatic rings. The summed E-state index contributed by atoms with van der Waals surface area (Å²) in [4.78, 5) is 0. The van der Waals surface area contributed by atoms with Crippen LogP contribution in [-0.4, -0.2) is 0 Å². The molecule has 0 bridgehead atoms. The first-order valence-corrected chi connectivity index (χ1v) is 6.67. The van der Waals surface area contributed by atoms with Gasteiger partial charge in [0.25, 0.3) is 0 Å². The average molecular weight is 204 g/mol. The first kappa shape index (κ1) is 9.93. The molecule has 2 fully saturated rings. The van der Waals surface area contributed by atoms with Crippen LogP contribution in [0.25, 0.3) is 0 Å². The van der Waals surface area contributed by atoms with Crippen LogP contribution in [0.5, 0.6) is 0 Å². The van der Waals surface area contributed by atoms with Gasteiger partial charge in [-0.05, 0) is 40.9 Å². The zero-order valence-corrected chi connectivity index (χ0v) is 10.6. The number of hydrogen-bond acceptors (Lipinski definition) is 0. The van der Waals surface area contributed by atoms with Gasteiger partial charge in [-0.3, -0.25) is 0 Å². The number of fused-ring (bicyclic) bond motifs is 3. The summed E-state index contributed by atoms with van der Waals surface area (Å²) in [5.41, 5.74) is 1.20. The van der Waals surface area contributed by atoms with Gasteiger partial charge in [-0.1, -0.05) is 52.7 Å². The molecule has 0 N–H and O–H groups in total. The van der Waals surface area contributed by atoms with Gasteiger partial charge in [-0.2, -0.15) is 0 Å². The minimum atomic E-state index is 0.589. The molecule has 0 heteroatoms. The first-order chi connectivity index (χ1) is 6.99. The average Bonchev–Trinajstić information content (AvgIpc) is 2.73. The fraction of sp³-hybridized carbons (Fsp3) is 0.867. The van der Waals surface area contributed by atoms with Crippen LogP contribution in [0.2, 0.25) is 0 Å². The summed E-state index contributed by atoms with van der Waals surface area (Å²) in [6.45, 7) is 10.0. The van der Waals surface area contributed by atoms with Crippen molar-refractivity contribution in [3.8, 4) is 0 Å². The minimum Gasteiger partial charge on any atom is -0.0845 e. The summed E-state index contributed by atoms with van der Waals surface area (Å²) in [6, 6.07) is 0. The molecule has 15 heavy (non-hydrogen) atoms. The predicted octanol–water partition coefficient (Wildman–Crippen LogP) is 4.27. The van der Waals surface area contributed by atoms with Gasteiger partial charge in [0.1, 0.15) is 0 Å². The van der Waals surface area contributed by atoms with Crippen LogP contribution in [0.3, 0.4) is 0 Å². The lowest BCUT2D eigenvalue weighted by Gasteiger charge is -2.48. The zero-order valence-electron chi connectivity index (χ0n) is 10.6. The molecule has 3 rings (SSSR count). The molecule has 0 heterocycles. The Bertz CT molecular complexity index is 312. The van der Waals surface area contributed by atoms with E-state index in [4.69, 9.17) is 0 Å². The lowest BCUT2D eigenvalue weighted by atomic mass is 9.57. The van der Waals surface area contributed by atoms with E-state index in [0.29, 0.717) is 10.8 Å². The molecule has 1 unspecified atom stereocenters. The van der Waals surface area contributed by atoms with Crippen molar-refractivity contribution < 1.29 is 0 Å². The Hall–Kier alpha value is -0.260. The van der Waals surface area contributed by atoms with Crippen LogP contribution < -0.4 is 0 Å². The molecule has 84 valence electrons. The SMILES string of the molecule is C[C@@H]1CCCC2C=C[C@@H]3[C@@H](C3(C)C)[C@]21C. The fourth-order valence-corrected chi connectivity index (χ4v) is 4.95. The minimum absolute atomic E-state index is 0.589. The summed E-state index contributed by atoms with van der Waals surface area (Å²) >= 11 is 0. The molecule has 0 nitrogen and oxygen atoms in total. The molecule has 0 aromatic heterocycles. The Morgan fingerprint density at radius 3 is 2.53 bits per heavy atom. The highest BCUT2D eigenvalue weighted by Crippen LogP contribution is 2.73. The van der Waals surface area contributed by atoms with Gasteiger partial charge in [0.05, 0.1) is 0 Å². The van der Waals surface area contributed by atoms with Crippen LogP contribution in [0.4, 0.5) is 0 Å². The molecule has 0 aliphatic heterocycles. The maximum Gasteiger partial charge on any atom is -0.0140 e. The largest absolute Gasteiger partial charge is 0.0845 e. The van der Waals surface area contributed by atoms with Crippen molar-refractivity contribution in [1.82, 2.24) is 0 Å². The van der Waals surface area contributed by atoms with E-state index in [9.17, 15) is 0 Å². The van der Waals surface area contributed by atoms with Crippen molar-refractivity contribution in [2.75, 3.05) is 0 Å². The Morgan fingerprint density at radius 1 is 1.07 bits per heavy atom. The number of rotatable bonds is 0. The van der Waals surface area contributed by atoms with E-state index in [0.717, 1.165) is 23.7 Å². The molecule has 0 saturated heterocycles. The molecule has 3 aliphatic carbocycles. The molecular weight excluding hydrogens is 180 g/mol. The van der Waals surface area contributed by atoms with Gasteiger partial charge in [-0.15, -0.1) is 0 Å². The van der Waals surface area contributed by atoms with Gasteiger partial charge >= 0.3 is 0 Å². The van der Waals surface area contributed by atoms with E-state index in [-0.39, 0.29) is 0 Å². The molecule has 0 aromatic carbocycles. The Kier molecular flexibility index (Phi) is 1.79. The molecular formula is C15H24. The Labute approximate surface area is 94.1 Å². The third-order valence-electron chi connectivity index (χ3n) is 6.14. The van der Waals surface area contributed by atoms with Crippen LogP contribution >= 0.6 is 0 Å². The second kappa shape index (κ2) is 2.70. The summed E-state index contributed by atoms with van der Waals surface area (Å²) in [5.74, 6) is 3.66. The molecule has 2 saturated carbocycles. The van der Waals surface area contributed by atoms with Crippen LogP contribution in [0.1, 0.15) is 47.0 Å². The highest BCUT2D eigenvalue weighted by molar-refractivity contribution is 5.27. The third kappa shape index (κ3) is 1.04. The maximum absolute atomic E-state index is 2.58. The van der Waals surface area contributed by atoms with E-state index in [1.807, 2.05) is 0 Å². The summed E-state index contributed by atoms with van der Waals surface area (Å²) in [6.07, 6.45) is 9.45. The summed E-state index contributed by atoms with van der Waals surface area (Å²) in [5, 5.41) is 0. The predicted molar refractivity (Wildman–Crippen MR) is 64.5 cm³/mol. The highest BCUT2D eigenvalue weighted by Gasteiger charge is 2.68. The van der Waals surface area contributed by atoms with Crippen LogP contribution in [0, 0.1) is 34.5 Å².